The van der Waals surface area contributed by atoms with Gasteiger partial charge in [-0.3, -0.25) is 4.79 Å². The molecule has 1 unspecified atom stereocenters. The van der Waals surface area contributed by atoms with Crippen molar-refractivity contribution in [3.8, 4) is 0 Å². The van der Waals surface area contributed by atoms with Crippen LogP contribution < -0.4 is 11.1 Å². The summed E-state index contributed by atoms with van der Waals surface area (Å²) in [6.45, 7) is 4.37. The molecule has 0 bridgehead atoms. The zero-order valence-electron chi connectivity index (χ0n) is 10.6. The first kappa shape index (κ1) is 13.7. The summed E-state index contributed by atoms with van der Waals surface area (Å²) in [7, 11) is 1.64. The second kappa shape index (κ2) is 6.37. The number of methoxy groups -OCH3 is 1. The van der Waals surface area contributed by atoms with E-state index in [-0.39, 0.29) is 11.8 Å². The van der Waals surface area contributed by atoms with Crippen LogP contribution in [0, 0.1) is 5.92 Å². The van der Waals surface area contributed by atoms with Gasteiger partial charge in [-0.25, -0.2) is 0 Å². The molecule has 4 nitrogen and oxygen atoms in total. The summed E-state index contributed by atoms with van der Waals surface area (Å²) in [5, 5.41) is 2.80. The summed E-state index contributed by atoms with van der Waals surface area (Å²) in [6.07, 6.45) is 0. The van der Waals surface area contributed by atoms with Crippen LogP contribution in [-0.4, -0.2) is 19.1 Å². The molecule has 0 radical (unpaired) electrons. The molecule has 1 aromatic carbocycles. The first-order chi connectivity index (χ1) is 8.04. The highest BCUT2D eigenvalue weighted by Gasteiger charge is 2.16. The summed E-state index contributed by atoms with van der Waals surface area (Å²) >= 11 is 0. The van der Waals surface area contributed by atoms with Crippen LogP contribution in [0.3, 0.4) is 0 Å². The second-order valence-corrected chi connectivity index (χ2v) is 4.39. The number of hydrogen-bond donors (Lipinski definition) is 2. The molecule has 0 spiro atoms. The second-order valence-electron chi connectivity index (χ2n) is 4.39. The Hall–Kier alpha value is -1.39. The first-order valence-corrected chi connectivity index (χ1v) is 5.69. The molecule has 0 aliphatic rings. The van der Waals surface area contributed by atoms with Gasteiger partial charge >= 0.3 is 0 Å². The lowest BCUT2D eigenvalue weighted by molar-refractivity contribution is -0.118. The quantitative estimate of drug-likeness (QED) is 0.818. The topological polar surface area (TPSA) is 64.3 Å². The molecular weight excluding hydrogens is 216 g/mol. The zero-order valence-corrected chi connectivity index (χ0v) is 10.6. The lowest BCUT2D eigenvalue weighted by atomic mass is 10.0. The van der Waals surface area contributed by atoms with E-state index in [0.717, 1.165) is 11.3 Å². The molecule has 1 amide bonds. The fourth-order valence-electron chi connectivity index (χ4n) is 1.43. The zero-order chi connectivity index (χ0) is 12.8. The highest BCUT2D eigenvalue weighted by molar-refractivity contribution is 5.94. The number of nitrogens with one attached hydrogen (secondary N) is 1. The van der Waals surface area contributed by atoms with Crippen LogP contribution in [0.1, 0.15) is 19.4 Å². The average Bonchev–Trinajstić information content (AvgIpc) is 2.28. The van der Waals surface area contributed by atoms with Crippen LogP contribution >= 0.6 is 0 Å². The molecule has 1 aromatic rings. The van der Waals surface area contributed by atoms with Crippen LogP contribution in [0.4, 0.5) is 5.69 Å². The van der Waals surface area contributed by atoms with E-state index in [2.05, 4.69) is 5.32 Å². The minimum absolute atomic E-state index is 0.122. The van der Waals surface area contributed by atoms with Gasteiger partial charge in [0.2, 0.25) is 5.91 Å². The van der Waals surface area contributed by atoms with Gasteiger partial charge in [0.05, 0.1) is 12.6 Å². The van der Waals surface area contributed by atoms with Crippen LogP contribution in [0.5, 0.6) is 0 Å². The largest absolute Gasteiger partial charge is 0.380 e. The number of nitrogens with two attached hydrogens (primary N) is 1. The smallest absolute Gasteiger partial charge is 0.241 e. The summed E-state index contributed by atoms with van der Waals surface area (Å²) in [4.78, 5) is 11.8. The van der Waals surface area contributed by atoms with Crippen LogP contribution in [0.15, 0.2) is 24.3 Å². The Kier molecular flexibility index (Phi) is 5.12. The Morgan fingerprint density at radius 2 is 2.18 bits per heavy atom. The number of hydrogen-bond acceptors (Lipinski definition) is 3. The SMILES string of the molecule is COCc1cccc(NC(=O)C(N)C(C)C)c1. The van der Waals surface area contributed by atoms with E-state index in [4.69, 9.17) is 10.5 Å². The van der Waals surface area contributed by atoms with E-state index >= 15 is 0 Å². The average molecular weight is 236 g/mol. The third kappa shape index (κ3) is 4.17. The lowest BCUT2D eigenvalue weighted by Gasteiger charge is -2.15. The summed E-state index contributed by atoms with van der Waals surface area (Å²) in [6, 6.07) is 7.06. The van der Waals surface area contributed by atoms with Gasteiger partial charge in [0.15, 0.2) is 0 Å². The van der Waals surface area contributed by atoms with Crippen molar-refractivity contribution in [3.05, 3.63) is 29.8 Å². The predicted molar refractivity (Wildman–Crippen MR) is 68.6 cm³/mol. The molecule has 17 heavy (non-hydrogen) atoms. The highest BCUT2D eigenvalue weighted by atomic mass is 16.5. The van der Waals surface area contributed by atoms with Gasteiger partial charge in [-0.05, 0) is 23.6 Å². The number of benzene rings is 1. The number of rotatable bonds is 5. The summed E-state index contributed by atoms with van der Waals surface area (Å²) in [5.41, 5.74) is 7.54. The molecule has 1 rings (SSSR count). The van der Waals surface area contributed by atoms with Gasteiger partial charge in [0.1, 0.15) is 0 Å². The van der Waals surface area contributed by atoms with Crippen molar-refractivity contribution in [2.24, 2.45) is 11.7 Å². The number of carbonyl (C=O) groups is 1. The standard InChI is InChI=1S/C13H20N2O2/c1-9(2)12(14)13(16)15-11-6-4-5-10(7-11)8-17-3/h4-7,9,12H,8,14H2,1-3H3,(H,15,16). The van der Waals surface area contributed by atoms with Crippen molar-refractivity contribution >= 4 is 11.6 Å². The Morgan fingerprint density at radius 1 is 1.47 bits per heavy atom. The molecule has 4 heteroatoms. The summed E-state index contributed by atoms with van der Waals surface area (Å²) in [5.74, 6) is -0.0354. The van der Waals surface area contributed by atoms with Gasteiger partial charge in [-0.2, -0.15) is 0 Å². The van der Waals surface area contributed by atoms with E-state index in [1.807, 2.05) is 38.1 Å². The molecule has 0 fully saturated rings. The maximum absolute atomic E-state index is 11.8. The number of ether oxygens (including phenoxy) is 1. The summed E-state index contributed by atoms with van der Waals surface area (Å²) < 4.78 is 5.04. The highest BCUT2D eigenvalue weighted by Crippen LogP contribution is 2.12. The fraction of sp³-hybridized carbons (Fsp3) is 0.462. The molecule has 0 saturated carbocycles. The van der Waals surface area contributed by atoms with Gasteiger partial charge in [-0.1, -0.05) is 26.0 Å². The number of amides is 1. The van der Waals surface area contributed by atoms with Crippen molar-refractivity contribution in [2.75, 3.05) is 12.4 Å². The lowest BCUT2D eigenvalue weighted by Crippen LogP contribution is -2.39. The maximum atomic E-state index is 11.8. The van der Waals surface area contributed by atoms with Crippen LogP contribution in [0.2, 0.25) is 0 Å². The normalized spacial score (nSPS) is 12.5. The Morgan fingerprint density at radius 3 is 2.76 bits per heavy atom. The molecule has 1 atom stereocenters. The van der Waals surface area contributed by atoms with Gasteiger partial charge < -0.3 is 15.8 Å². The fourth-order valence-corrected chi connectivity index (χ4v) is 1.43. The minimum Gasteiger partial charge on any atom is -0.380 e. The molecular formula is C13H20N2O2. The Balaban J connectivity index is 2.68. The van der Waals surface area contributed by atoms with Crippen molar-refractivity contribution < 1.29 is 9.53 Å². The molecule has 0 aromatic heterocycles. The predicted octanol–water partition coefficient (Wildman–Crippen LogP) is 1.75. The molecule has 0 heterocycles. The van der Waals surface area contributed by atoms with Gasteiger partial charge in [-0.15, -0.1) is 0 Å². The third-order valence-electron chi connectivity index (χ3n) is 2.53. The van der Waals surface area contributed by atoms with E-state index in [1.165, 1.54) is 0 Å². The van der Waals surface area contributed by atoms with Gasteiger partial charge in [0.25, 0.3) is 0 Å². The number of anilines is 1. The van der Waals surface area contributed by atoms with E-state index in [1.54, 1.807) is 7.11 Å². The first-order valence-electron chi connectivity index (χ1n) is 5.69. The van der Waals surface area contributed by atoms with E-state index < -0.39 is 6.04 Å². The number of carbonyl (C=O) groups excluding carboxylic acids is 1. The van der Waals surface area contributed by atoms with Crippen molar-refractivity contribution in [1.82, 2.24) is 0 Å². The monoisotopic (exact) mass is 236 g/mol. The van der Waals surface area contributed by atoms with E-state index in [9.17, 15) is 4.79 Å². The van der Waals surface area contributed by atoms with Crippen molar-refractivity contribution in [2.45, 2.75) is 26.5 Å². The van der Waals surface area contributed by atoms with Gasteiger partial charge in [0, 0.05) is 12.8 Å². The minimum atomic E-state index is -0.485. The third-order valence-corrected chi connectivity index (χ3v) is 2.53. The maximum Gasteiger partial charge on any atom is 0.241 e. The van der Waals surface area contributed by atoms with Crippen LogP contribution in [-0.2, 0) is 16.1 Å². The van der Waals surface area contributed by atoms with Crippen molar-refractivity contribution in [1.29, 1.82) is 0 Å². The Bertz CT molecular complexity index is 377. The van der Waals surface area contributed by atoms with Crippen LogP contribution in [0.25, 0.3) is 0 Å². The Labute approximate surface area is 102 Å². The molecule has 94 valence electrons. The van der Waals surface area contributed by atoms with Crippen molar-refractivity contribution in [3.63, 3.8) is 0 Å². The molecule has 0 aliphatic heterocycles. The molecule has 3 N–H and O–H groups in total. The van der Waals surface area contributed by atoms with E-state index in [0.29, 0.717) is 6.61 Å². The molecule has 0 saturated heterocycles. The molecule has 0 aliphatic carbocycles.